The fourth-order valence-corrected chi connectivity index (χ4v) is 2.35. The molecular formula is C24H32N2O3. The van der Waals surface area contributed by atoms with E-state index >= 15 is 0 Å². The van der Waals surface area contributed by atoms with E-state index in [0.717, 1.165) is 11.5 Å². The van der Waals surface area contributed by atoms with Crippen LogP contribution in [0.15, 0.2) is 65.2 Å². The zero-order chi connectivity index (χ0) is 21.3. The van der Waals surface area contributed by atoms with Crippen molar-refractivity contribution in [2.24, 2.45) is 0 Å². The number of hydrogen-bond acceptors (Lipinski definition) is 4. The van der Waals surface area contributed by atoms with Gasteiger partial charge in [0.05, 0.1) is 12.1 Å². The molecule has 5 nitrogen and oxygen atoms in total. The van der Waals surface area contributed by atoms with Crippen molar-refractivity contribution in [1.82, 2.24) is 5.16 Å². The van der Waals surface area contributed by atoms with E-state index < -0.39 is 0 Å². The highest BCUT2D eigenvalue weighted by Crippen LogP contribution is 2.24. The topological polar surface area (TPSA) is 64.4 Å². The number of carbonyl (C=O) groups is 1. The van der Waals surface area contributed by atoms with Gasteiger partial charge in [-0.25, -0.2) is 0 Å². The minimum absolute atomic E-state index is 0. The van der Waals surface area contributed by atoms with Gasteiger partial charge in [0.2, 0.25) is 5.91 Å². The van der Waals surface area contributed by atoms with Crippen LogP contribution in [0.4, 0.5) is 5.69 Å². The first-order chi connectivity index (χ1) is 13.8. The monoisotopic (exact) mass is 396 g/mol. The molecule has 1 N–H and O–H groups in total. The summed E-state index contributed by atoms with van der Waals surface area (Å²) in [5.41, 5.74) is 1.20. The summed E-state index contributed by atoms with van der Waals surface area (Å²) in [4.78, 5) is 12.2. The molecule has 156 valence electrons. The first-order valence-electron chi connectivity index (χ1n) is 9.90. The lowest BCUT2D eigenvalue weighted by atomic mass is 9.93. The lowest BCUT2D eigenvalue weighted by Gasteiger charge is -2.12. The second-order valence-corrected chi connectivity index (χ2v) is 7.80. The molecule has 5 heteroatoms. The molecule has 0 bridgehead atoms. The molecule has 0 atom stereocenters. The molecule has 0 saturated carbocycles. The van der Waals surface area contributed by atoms with Crippen LogP contribution in [0.5, 0.6) is 11.5 Å². The Morgan fingerprint density at radius 1 is 1.03 bits per heavy atom. The van der Waals surface area contributed by atoms with Crippen LogP contribution in [0, 0.1) is 0 Å². The average molecular weight is 397 g/mol. The maximum atomic E-state index is 12.2. The molecule has 0 aliphatic rings. The second-order valence-electron chi connectivity index (χ2n) is 7.80. The first-order valence-corrected chi connectivity index (χ1v) is 9.90. The van der Waals surface area contributed by atoms with E-state index in [2.05, 4.69) is 24.3 Å². The number of rotatable bonds is 5. The Morgan fingerprint density at radius 2 is 1.62 bits per heavy atom. The van der Waals surface area contributed by atoms with Crippen LogP contribution in [0.3, 0.4) is 0 Å². The summed E-state index contributed by atoms with van der Waals surface area (Å²) >= 11 is 0. The van der Waals surface area contributed by atoms with Gasteiger partial charge in [0.1, 0.15) is 17.3 Å². The quantitative estimate of drug-likeness (QED) is 0.527. The number of nitrogens with one attached hydrogen (secondary N) is 1. The lowest BCUT2D eigenvalue weighted by Crippen LogP contribution is -2.14. The van der Waals surface area contributed by atoms with E-state index in [4.69, 9.17) is 9.26 Å². The fourth-order valence-electron chi connectivity index (χ4n) is 2.35. The van der Waals surface area contributed by atoms with Gasteiger partial charge in [0, 0.05) is 18.6 Å². The van der Waals surface area contributed by atoms with Crippen LogP contribution in [0.1, 0.15) is 53.9 Å². The number of para-hydroxylation sites is 1. The summed E-state index contributed by atoms with van der Waals surface area (Å²) in [6.07, 6.45) is 1.42. The third kappa shape index (κ3) is 7.45. The van der Waals surface area contributed by atoms with Gasteiger partial charge in [0.25, 0.3) is 0 Å². The third-order valence-corrected chi connectivity index (χ3v) is 3.76. The second kappa shape index (κ2) is 10.5. The minimum atomic E-state index is -0.143. The number of aromatic nitrogens is 1. The summed E-state index contributed by atoms with van der Waals surface area (Å²) in [7, 11) is 0. The number of benzene rings is 2. The molecule has 3 rings (SSSR count). The van der Waals surface area contributed by atoms with E-state index in [1.165, 1.54) is 6.42 Å². The largest absolute Gasteiger partial charge is 0.457 e. The van der Waals surface area contributed by atoms with Gasteiger partial charge < -0.3 is 14.6 Å². The molecule has 0 spiro atoms. The molecule has 0 saturated heterocycles. The third-order valence-electron chi connectivity index (χ3n) is 3.76. The molecule has 0 radical (unpaired) electrons. The predicted molar refractivity (Wildman–Crippen MR) is 119 cm³/mol. The Balaban J connectivity index is 0.00000106. The number of amides is 1. The Kier molecular flexibility index (Phi) is 8.01. The van der Waals surface area contributed by atoms with Crippen molar-refractivity contribution < 1.29 is 15.5 Å². The van der Waals surface area contributed by atoms with Crippen molar-refractivity contribution in [3.63, 3.8) is 0 Å². The smallest absolute Gasteiger partial charge is 0.230 e. The van der Waals surface area contributed by atoms with Gasteiger partial charge in [-0.3, -0.25) is 4.79 Å². The normalized spacial score (nSPS) is 10.7. The summed E-state index contributed by atoms with van der Waals surface area (Å²) in [5.74, 6) is 2.10. The molecule has 0 fully saturated rings. The number of nitrogens with zero attached hydrogens (tertiary/aromatic N) is 1. The van der Waals surface area contributed by atoms with Gasteiger partial charge in [-0.15, -0.1) is 0 Å². The molecule has 1 heterocycles. The highest BCUT2D eigenvalue weighted by Gasteiger charge is 2.20. The van der Waals surface area contributed by atoms with Gasteiger partial charge in [0.15, 0.2) is 0 Å². The Hall–Kier alpha value is -3.08. The fraction of sp³-hybridized carbons (Fsp3) is 0.333. The minimum Gasteiger partial charge on any atom is -0.457 e. The zero-order valence-electron chi connectivity index (χ0n) is 17.9. The van der Waals surface area contributed by atoms with Gasteiger partial charge in [-0.1, -0.05) is 64.4 Å². The SMILES string of the molecule is CC(C)(C)c1cc(CC(=O)Nc2ccc(Oc3ccccc3)cc2)no1.CCC.[HH]. The van der Waals surface area contributed by atoms with E-state index in [9.17, 15) is 4.79 Å². The molecule has 0 unspecified atom stereocenters. The molecule has 1 amide bonds. The van der Waals surface area contributed by atoms with Crippen LogP contribution in [-0.2, 0) is 16.6 Å². The van der Waals surface area contributed by atoms with E-state index in [1.807, 2.05) is 69.3 Å². The van der Waals surface area contributed by atoms with Crippen LogP contribution in [0.2, 0.25) is 0 Å². The van der Waals surface area contributed by atoms with Crippen molar-refractivity contribution in [2.45, 2.75) is 52.9 Å². The van der Waals surface area contributed by atoms with Crippen molar-refractivity contribution in [1.29, 1.82) is 0 Å². The molecule has 1 aromatic heterocycles. The molecule has 3 aromatic rings. The molecule has 2 aromatic carbocycles. The zero-order valence-corrected chi connectivity index (χ0v) is 17.9. The highest BCUT2D eigenvalue weighted by molar-refractivity contribution is 5.92. The summed E-state index contributed by atoms with van der Waals surface area (Å²) in [6, 6.07) is 18.6. The molecule has 0 aliphatic carbocycles. The number of hydrogen-bond donors (Lipinski definition) is 1. The molecular weight excluding hydrogens is 364 g/mol. The van der Waals surface area contributed by atoms with Crippen molar-refractivity contribution in [3.05, 3.63) is 72.1 Å². The van der Waals surface area contributed by atoms with Crippen molar-refractivity contribution in [3.8, 4) is 11.5 Å². The van der Waals surface area contributed by atoms with Crippen molar-refractivity contribution in [2.75, 3.05) is 5.32 Å². The average Bonchev–Trinajstić information content (AvgIpc) is 3.14. The van der Waals surface area contributed by atoms with Crippen molar-refractivity contribution >= 4 is 11.6 Å². The summed E-state index contributed by atoms with van der Waals surface area (Å²) < 4.78 is 11.0. The first kappa shape index (κ1) is 22.2. The lowest BCUT2D eigenvalue weighted by molar-refractivity contribution is -0.115. The van der Waals surface area contributed by atoms with Crippen LogP contribution in [-0.4, -0.2) is 11.1 Å². The summed E-state index contributed by atoms with van der Waals surface area (Å²) in [6.45, 7) is 10.4. The number of carbonyl (C=O) groups excluding carboxylic acids is 1. The van der Waals surface area contributed by atoms with E-state index in [0.29, 0.717) is 17.1 Å². The van der Waals surface area contributed by atoms with Gasteiger partial charge in [-0.2, -0.15) is 0 Å². The maximum absolute atomic E-state index is 12.2. The van der Waals surface area contributed by atoms with E-state index in [1.54, 1.807) is 12.1 Å². The standard InChI is InChI=1S/C21H22N2O3.C3H8.H2/c1-21(2,3)19-13-16(23-26-19)14-20(24)22-15-9-11-18(12-10-15)25-17-7-5-4-6-8-17;1-3-2;/h4-13H,14H2,1-3H3,(H,22,24);3H2,1-2H3;1H. The Bertz CT molecular complexity index is 885. The van der Waals surface area contributed by atoms with Gasteiger partial charge >= 0.3 is 0 Å². The Labute approximate surface area is 174 Å². The maximum Gasteiger partial charge on any atom is 0.230 e. The van der Waals surface area contributed by atoms with Crippen LogP contribution in [0.25, 0.3) is 0 Å². The van der Waals surface area contributed by atoms with Gasteiger partial charge in [-0.05, 0) is 36.4 Å². The predicted octanol–water partition coefficient (Wildman–Crippen LogP) is 6.61. The van der Waals surface area contributed by atoms with Crippen LogP contribution < -0.4 is 10.1 Å². The molecule has 29 heavy (non-hydrogen) atoms. The Morgan fingerprint density at radius 3 is 2.17 bits per heavy atom. The van der Waals surface area contributed by atoms with E-state index in [-0.39, 0.29) is 19.2 Å². The summed E-state index contributed by atoms with van der Waals surface area (Å²) in [5, 5.41) is 6.82. The van der Waals surface area contributed by atoms with Crippen LogP contribution >= 0.6 is 0 Å². The molecule has 0 aliphatic heterocycles. The number of anilines is 1. The highest BCUT2D eigenvalue weighted by atomic mass is 16.5. The number of ether oxygens (including phenoxy) is 1.